The molecule has 4 heteroatoms. The SMILES string of the molecule is Cc1ccc(Cl)cc1C1=CC2CCCC(C1)N2C(=O)OCc1ccccc1. The van der Waals surface area contributed by atoms with Crippen LogP contribution in [-0.2, 0) is 11.3 Å². The summed E-state index contributed by atoms with van der Waals surface area (Å²) >= 11 is 6.22. The van der Waals surface area contributed by atoms with Gasteiger partial charge in [-0.1, -0.05) is 54.1 Å². The van der Waals surface area contributed by atoms with E-state index in [1.54, 1.807) is 0 Å². The molecule has 2 aromatic carbocycles. The predicted molar refractivity (Wildman–Crippen MR) is 109 cm³/mol. The third-order valence-corrected chi connectivity index (χ3v) is 5.83. The van der Waals surface area contributed by atoms with Crippen LogP contribution in [0.3, 0.4) is 0 Å². The van der Waals surface area contributed by atoms with Crippen molar-refractivity contribution in [3.8, 4) is 0 Å². The molecular formula is C23H24ClNO2. The van der Waals surface area contributed by atoms with Crippen LogP contribution in [0.5, 0.6) is 0 Å². The van der Waals surface area contributed by atoms with Gasteiger partial charge in [0.1, 0.15) is 6.61 Å². The van der Waals surface area contributed by atoms with Crippen LogP contribution in [0.25, 0.3) is 5.57 Å². The minimum absolute atomic E-state index is 0.106. The van der Waals surface area contributed by atoms with E-state index in [1.165, 1.54) is 16.7 Å². The monoisotopic (exact) mass is 381 g/mol. The molecule has 0 saturated carbocycles. The van der Waals surface area contributed by atoms with Crippen LogP contribution in [0.15, 0.2) is 54.6 Å². The number of piperidine rings is 1. The first-order valence-electron chi connectivity index (χ1n) is 9.58. The number of carbonyl (C=O) groups excluding carboxylic acids is 1. The average molecular weight is 382 g/mol. The molecule has 3 nitrogen and oxygen atoms in total. The lowest BCUT2D eigenvalue weighted by Gasteiger charge is -2.44. The maximum absolute atomic E-state index is 12.8. The van der Waals surface area contributed by atoms with E-state index in [4.69, 9.17) is 16.3 Å². The summed E-state index contributed by atoms with van der Waals surface area (Å²) in [4.78, 5) is 14.8. The van der Waals surface area contributed by atoms with Crippen molar-refractivity contribution < 1.29 is 9.53 Å². The lowest BCUT2D eigenvalue weighted by atomic mass is 9.82. The first-order chi connectivity index (χ1) is 13.1. The van der Waals surface area contributed by atoms with Crippen molar-refractivity contribution >= 4 is 23.3 Å². The maximum Gasteiger partial charge on any atom is 0.410 e. The molecule has 0 spiro atoms. The third kappa shape index (κ3) is 3.89. The molecule has 0 N–H and O–H groups in total. The second-order valence-corrected chi connectivity index (χ2v) is 7.89. The van der Waals surface area contributed by atoms with Crippen molar-refractivity contribution in [2.24, 2.45) is 0 Å². The van der Waals surface area contributed by atoms with Crippen molar-refractivity contribution in [2.45, 2.75) is 51.3 Å². The Kier molecular flexibility index (Phi) is 5.22. The van der Waals surface area contributed by atoms with Crippen LogP contribution in [0.1, 0.15) is 42.4 Å². The summed E-state index contributed by atoms with van der Waals surface area (Å²) in [5.74, 6) is 0. The summed E-state index contributed by atoms with van der Waals surface area (Å²) in [6.07, 6.45) is 6.06. The normalized spacial score (nSPS) is 21.6. The molecule has 2 aliphatic heterocycles. The van der Waals surface area contributed by atoms with Gasteiger partial charge in [-0.25, -0.2) is 4.79 Å². The topological polar surface area (TPSA) is 29.5 Å². The van der Waals surface area contributed by atoms with Crippen molar-refractivity contribution in [1.82, 2.24) is 4.90 Å². The molecule has 2 unspecified atom stereocenters. The number of aryl methyl sites for hydroxylation is 1. The van der Waals surface area contributed by atoms with Gasteiger partial charge in [-0.2, -0.15) is 0 Å². The molecule has 27 heavy (non-hydrogen) atoms. The number of hydrogen-bond donors (Lipinski definition) is 0. The molecule has 1 fully saturated rings. The number of nitrogens with zero attached hydrogens (tertiary/aromatic N) is 1. The highest BCUT2D eigenvalue weighted by atomic mass is 35.5. The number of benzene rings is 2. The van der Waals surface area contributed by atoms with E-state index in [9.17, 15) is 4.79 Å². The second-order valence-electron chi connectivity index (χ2n) is 7.45. The first-order valence-corrected chi connectivity index (χ1v) is 9.96. The van der Waals surface area contributed by atoms with E-state index >= 15 is 0 Å². The van der Waals surface area contributed by atoms with Crippen molar-refractivity contribution in [3.05, 3.63) is 76.3 Å². The summed E-state index contributed by atoms with van der Waals surface area (Å²) in [5.41, 5.74) is 4.75. The van der Waals surface area contributed by atoms with Gasteiger partial charge in [0.05, 0.1) is 6.04 Å². The summed E-state index contributed by atoms with van der Waals surface area (Å²) in [6.45, 7) is 2.43. The van der Waals surface area contributed by atoms with Gasteiger partial charge in [0.2, 0.25) is 0 Å². The zero-order valence-corrected chi connectivity index (χ0v) is 16.3. The van der Waals surface area contributed by atoms with Crippen LogP contribution in [0.2, 0.25) is 5.02 Å². The van der Waals surface area contributed by atoms with Crippen LogP contribution in [-0.4, -0.2) is 23.1 Å². The molecule has 1 amide bonds. The average Bonchev–Trinajstić information content (AvgIpc) is 2.68. The number of hydrogen-bond acceptors (Lipinski definition) is 2. The number of rotatable bonds is 3. The Morgan fingerprint density at radius 3 is 2.78 bits per heavy atom. The Morgan fingerprint density at radius 2 is 2.00 bits per heavy atom. The van der Waals surface area contributed by atoms with E-state index in [0.29, 0.717) is 6.61 Å². The van der Waals surface area contributed by atoms with Crippen molar-refractivity contribution in [3.63, 3.8) is 0 Å². The van der Waals surface area contributed by atoms with Gasteiger partial charge in [0.25, 0.3) is 0 Å². The van der Waals surface area contributed by atoms with E-state index in [0.717, 1.165) is 36.3 Å². The Balaban J connectivity index is 1.53. The molecule has 2 bridgehead atoms. The largest absolute Gasteiger partial charge is 0.445 e. The van der Waals surface area contributed by atoms with Crippen molar-refractivity contribution in [1.29, 1.82) is 0 Å². The van der Waals surface area contributed by atoms with Gasteiger partial charge in [-0.15, -0.1) is 0 Å². The summed E-state index contributed by atoms with van der Waals surface area (Å²) in [7, 11) is 0. The lowest BCUT2D eigenvalue weighted by molar-refractivity contribution is 0.0510. The minimum atomic E-state index is -0.202. The van der Waals surface area contributed by atoms with Crippen LogP contribution in [0, 0.1) is 6.92 Å². The molecule has 0 aromatic heterocycles. The van der Waals surface area contributed by atoms with E-state index in [2.05, 4.69) is 19.1 Å². The summed E-state index contributed by atoms with van der Waals surface area (Å²) in [6, 6.07) is 16.2. The van der Waals surface area contributed by atoms with E-state index in [1.807, 2.05) is 47.4 Å². The van der Waals surface area contributed by atoms with Gasteiger partial charge >= 0.3 is 6.09 Å². The molecule has 2 heterocycles. The predicted octanol–water partition coefficient (Wildman–Crippen LogP) is 6.00. The van der Waals surface area contributed by atoms with Crippen LogP contribution in [0.4, 0.5) is 4.79 Å². The molecule has 4 rings (SSSR count). The van der Waals surface area contributed by atoms with Gasteiger partial charge in [-0.05, 0) is 67.0 Å². The molecule has 2 atom stereocenters. The van der Waals surface area contributed by atoms with Gasteiger partial charge in [0.15, 0.2) is 0 Å². The van der Waals surface area contributed by atoms with E-state index in [-0.39, 0.29) is 18.2 Å². The number of carbonyl (C=O) groups is 1. The molecule has 0 radical (unpaired) electrons. The molecular weight excluding hydrogens is 358 g/mol. The van der Waals surface area contributed by atoms with Gasteiger partial charge < -0.3 is 4.74 Å². The molecule has 2 aromatic rings. The third-order valence-electron chi connectivity index (χ3n) is 5.60. The second kappa shape index (κ2) is 7.77. The maximum atomic E-state index is 12.8. The van der Waals surface area contributed by atoms with E-state index < -0.39 is 0 Å². The van der Waals surface area contributed by atoms with Crippen LogP contribution < -0.4 is 0 Å². The smallest absolute Gasteiger partial charge is 0.410 e. The number of amides is 1. The summed E-state index contributed by atoms with van der Waals surface area (Å²) < 4.78 is 5.62. The molecule has 0 aliphatic carbocycles. The highest BCUT2D eigenvalue weighted by molar-refractivity contribution is 6.30. The lowest BCUT2D eigenvalue weighted by Crippen LogP contribution is -2.51. The highest BCUT2D eigenvalue weighted by Crippen LogP contribution is 2.38. The van der Waals surface area contributed by atoms with Crippen molar-refractivity contribution in [2.75, 3.05) is 0 Å². The number of fused-ring (bicyclic) bond motifs is 2. The van der Waals surface area contributed by atoms with Crippen LogP contribution >= 0.6 is 11.6 Å². The minimum Gasteiger partial charge on any atom is -0.445 e. The van der Waals surface area contributed by atoms with Gasteiger partial charge in [0, 0.05) is 11.1 Å². The quantitative estimate of drug-likeness (QED) is 0.652. The summed E-state index contributed by atoms with van der Waals surface area (Å²) in [5, 5.41) is 0.756. The fraction of sp³-hybridized carbons (Fsp3) is 0.348. The number of ether oxygens (including phenoxy) is 1. The Bertz CT molecular complexity index is 862. The Labute approximate surface area is 165 Å². The zero-order chi connectivity index (χ0) is 18.8. The molecule has 2 aliphatic rings. The Hall–Kier alpha value is -2.26. The Morgan fingerprint density at radius 1 is 1.19 bits per heavy atom. The highest BCUT2D eigenvalue weighted by Gasteiger charge is 2.38. The first kappa shape index (κ1) is 18.1. The fourth-order valence-corrected chi connectivity index (χ4v) is 4.42. The standard InChI is InChI=1S/C23H24ClNO2/c1-16-10-11-19(24)14-22(16)18-12-20-8-5-9-21(13-18)25(20)23(26)27-15-17-6-3-2-4-7-17/h2-4,6-7,10-12,14,20-21H,5,8-9,13,15H2,1H3. The fourth-order valence-electron chi connectivity index (χ4n) is 4.25. The number of halogens is 1. The zero-order valence-electron chi connectivity index (χ0n) is 15.5. The van der Waals surface area contributed by atoms with Gasteiger partial charge in [-0.3, -0.25) is 4.90 Å². The molecule has 140 valence electrons. The molecule has 1 saturated heterocycles.